The highest BCUT2D eigenvalue weighted by Crippen LogP contribution is 2.20. The molecule has 0 bridgehead atoms. The van der Waals surface area contributed by atoms with Gasteiger partial charge in [-0.25, -0.2) is 0 Å². The zero-order valence-electron chi connectivity index (χ0n) is 14.5. The molecule has 0 aromatic rings. The van der Waals surface area contributed by atoms with Gasteiger partial charge >= 0.3 is 0 Å². The van der Waals surface area contributed by atoms with Crippen LogP contribution in [0.2, 0.25) is 0 Å². The molecule has 128 valence electrons. The molecular formula is C17H33N3O2. The van der Waals surface area contributed by atoms with Crippen molar-refractivity contribution in [2.45, 2.75) is 51.7 Å². The number of nitrogens with zero attached hydrogens (tertiary/aromatic N) is 2. The first-order chi connectivity index (χ1) is 10.6. The van der Waals surface area contributed by atoms with E-state index in [-0.39, 0.29) is 5.91 Å². The summed E-state index contributed by atoms with van der Waals surface area (Å²) in [4.78, 5) is 16.5. The maximum Gasteiger partial charge on any atom is 0.223 e. The zero-order valence-corrected chi connectivity index (χ0v) is 14.5. The van der Waals surface area contributed by atoms with Crippen LogP contribution in [-0.4, -0.2) is 74.2 Å². The highest BCUT2D eigenvalue weighted by molar-refractivity contribution is 5.76. The van der Waals surface area contributed by atoms with E-state index in [2.05, 4.69) is 31.1 Å². The molecule has 2 aliphatic heterocycles. The van der Waals surface area contributed by atoms with Gasteiger partial charge in [-0.05, 0) is 32.2 Å². The van der Waals surface area contributed by atoms with E-state index in [0.29, 0.717) is 24.5 Å². The molecule has 1 N–H and O–H groups in total. The van der Waals surface area contributed by atoms with Gasteiger partial charge < -0.3 is 19.9 Å². The standard InChI is InChI=1S/C17H33N3O2/c1-14(2)13-16-15(5-4-12-22-16)18-7-6-17(21)20-10-8-19(3)9-11-20/h14-16,18H,4-13H2,1-3H3/t15-,16+/m0/s1. The quantitative estimate of drug-likeness (QED) is 0.804. The van der Waals surface area contributed by atoms with E-state index in [0.717, 1.165) is 52.2 Å². The van der Waals surface area contributed by atoms with Gasteiger partial charge in [0, 0.05) is 51.8 Å². The predicted molar refractivity (Wildman–Crippen MR) is 88.9 cm³/mol. The predicted octanol–water partition coefficient (Wildman–Crippen LogP) is 1.33. The molecule has 5 heteroatoms. The van der Waals surface area contributed by atoms with Crippen LogP contribution in [-0.2, 0) is 9.53 Å². The molecule has 0 unspecified atom stereocenters. The molecule has 0 spiro atoms. The summed E-state index contributed by atoms with van der Waals surface area (Å²) in [5.41, 5.74) is 0. The minimum atomic E-state index is 0.290. The first kappa shape index (κ1) is 17.7. The van der Waals surface area contributed by atoms with Gasteiger partial charge in [0.1, 0.15) is 0 Å². The summed E-state index contributed by atoms with van der Waals surface area (Å²) in [5.74, 6) is 0.942. The smallest absolute Gasteiger partial charge is 0.223 e. The van der Waals surface area contributed by atoms with Crippen LogP contribution in [0, 0.1) is 5.92 Å². The minimum absolute atomic E-state index is 0.290. The van der Waals surface area contributed by atoms with Crippen LogP contribution >= 0.6 is 0 Å². The number of likely N-dealkylation sites (N-methyl/N-ethyl adjacent to an activating group) is 1. The van der Waals surface area contributed by atoms with Crippen molar-refractivity contribution in [3.8, 4) is 0 Å². The van der Waals surface area contributed by atoms with Crippen molar-refractivity contribution in [2.75, 3.05) is 46.4 Å². The Balaban J connectivity index is 1.69. The Morgan fingerprint density at radius 1 is 1.27 bits per heavy atom. The second-order valence-corrected chi connectivity index (χ2v) is 7.18. The van der Waals surface area contributed by atoms with Gasteiger partial charge in [-0.1, -0.05) is 13.8 Å². The monoisotopic (exact) mass is 311 g/mol. The van der Waals surface area contributed by atoms with Crippen LogP contribution < -0.4 is 5.32 Å². The Morgan fingerprint density at radius 2 is 2.00 bits per heavy atom. The average molecular weight is 311 g/mol. The topological polar surface area (TPSA) is 44.8 Å². The van der Waals surface area contributed by atoms with Crippen molar-refractivity contribution in [3.05, 3.63) is 0 Å². The lowest BCUT2D eigenvalue weighted by atomic mass is 9.94. The van der Waals surface area contributed by atoms with E-state index in [9.17, 15) is 4.79 Å². The van der Waals surface area contributed by atoms with Crippen LogP contribution in [0.1, 0.15) is 39.5 Å². The third-order valence-corrected chi connectivity index (χ3v) is 4.75. The molecule has 0 saturated carbocycles. The SMILES string of the molecule is CC(C)C[C@H]1OCCC[C@@H]1NCCC(=O)N1CCN(C)CC1. The van der Waals surface area contributed by atoms with Gasteiger partial charge in [0.15, 0.2) is 0 Å². The summed E-state index contributed by atoms with van der Waals surface area (Å²) in [6, 6.07) is 0.413. The average Bonchev–Trinajstić information content (AvgIpc) is 2.49. The van der Waals surface area contributed by atoms with E-state index in [1.165, 1.54) is 6.42 Å². The molecule has 2 saturated heterocycles. The van der Waals surface area contributed by atoms with Crippen molar-refractivity contribution in [1.29, 1.82) is 0 Å². The van der Waals surface area contributed by atoms with Gasteiger partial charge in [0.05, 0.1) is 6.10 Å². The Bertz CT molecular complexity index is 341. The molecule has 2 atom stereocenters. The number of carbonyl (C=O) groups is 1. The lowest BCUT2D eigenvalue weighted by Crippen LogP contribution is -2.49. The summed E-state index contributed by atoms with van der Waals surface area (Å²) in [7, 11) is 2.11. The van der Waals surface area contributed by atoms with Crippen LogP contribution in [0.25, 0.3) is 0 Å². The van der Waals surface area contributed by atoms with Gasteiger partial charge in [-0.2, -0.15) is 0 Å². The summed E-state index contributed by atoms with van der Waals surface area (Å²) in [5, 5.41) is 3.57. The van der Waals surface area contributed by atoms with Gasteiger partial charge in [0.25, 0.3) is 0 Å². The number of hydrogen-bond donors (Lipinski definition) is 1. The van der Waals surface area contributed by atoms with Crippen LogP contribution in [0.5, 0.6) is 0 Å². The summed E-state index contributed by atoms with van der Waals surface area (Å²) in [6.45, 7) is 9.87. The van der Waals surface area contributed by atoms with Crippen molar-refractivity contribution in [1.82, 2.24) is 15.1 Å². The number of piperazine rings is 1. The first-order valence-electron chi connectivity index (χ1n) is 8.87. The number of ether oxygens (including phenoxy) is 1. The lowest BCUT2D eigenvalue weighted by Gasteiger charge is -2.34. The second-order valence-electron chi connectivity index (χ2n) is 7.18. The fourth-order valence-corrected chi connectivity index (χ4v) is 3.35. The third kappa shape index (κ3) is 5.52. The summed E-state index contributed by atoms with van der Waals surface area (Å²) in [6.07, 6.45) is 4.31. The molecule has 22 heavy (non-hydrogen) atoms. The van der Waals surface area contributed by atoms with Gasteiger partial charge in [-0.3, -0.25) is 4.79 Å². The largest absolute Gasteiger partial charge is 0.377 e. The second kappa shape index (κ2) is 8.85. The fourth-order valence-electron chi connectivity index (χ4n) is 3.35. The van der Waals surface area contributed by atoms with Crippen molar-refractivity contribution < 1.29 is 9.53 Å². The van der Waals surface area contributed by atoms with Crippen molar-refractivity contribution in [2.24, 2.45) is 5.92 Å². The van der Waals surface area contributed by atoms with E-state index in [1.54, 1.807) is 0 Å². The third-order valence-electron chi connectivity index (χ3n) is 4.75. The normalized spacial score (nSPS) is 27.4. The molecule has 2 heterocycles. The van der Waals surface area contributed by atoms with E-state index >= 15 is 0 Å². The molecule has 0 aliphatic carbocycles. The molecule has 5 nitrogen and oxygen atoms in total. The molecular weight excluding hydrogens is 278 g/mol. The molecule has 1 amide bonds. The zero-order chi connectivity index (χ0) is 15.9. The number of amides is 1. The highest BCUT2D eigenvalue weighted by atomic mass is 16.5. The van der Waals surface area contributed by atoms with Gasteiger partial charge in [-0.15, -0.1) is 0 Å². The maximum absolute atomic E-state index is 12.2. The maximum atomic E-state index is 12.2. The highest BCUT2D eigenvalue weighted by Gasteiger charge is 2.26. The number of nitrogens with one attached hydrogen (secondary N) is 1. The van der Waals surface area contributed by atoms with E-state index in [4.69, 9.17) is 4.74 Å². The molecule has 0 radical (unpaired) electrons. The fraction of sp³-hybridized carbons (Fsp3) is 0.941. The lowest BCUT2D eigenvalue weighted by molar-refractivity contribution is -0.132. The number of carbonyl (C=O) groups excluding carboxylic acids is 1. The Hall–Kier alpha value is -0.650. The molecule has 2 fully saturated rings. The van der Waals surface area contributed by atoms with Crippen LogP contribution in [0.4, 0.5) is 0 Å². The van der Waals surface area contributed by atoms with E-state index in [1.807, 2.05) is 4.90 Å². The van der Waals surface area contributed by atoms with Crippen molar-refractivity contribution in [3.63, 3.8) is 0 Å². The van der Waals surface area contributed by atoms with Crippen LogP contribution in [0.15, 0.2) is 0 Å². The van der Waals surface area contributed by atoms with Crippen molar-refractivity contribution >= 4 is 5.91 Å². The van der Waals surface area contributed by atoms with Gasteiger partial charge in [0.2, 0.25) is 5.91 Å². The molecule has 0 aromatic carbocycles. The number of rotatable bonds is 6. The Morgan fingerprint density at radius 3 is 2.68 bits per heavy atom. The molecule has 2 rings (SSSR count). The summed E-state index contributed by atoms with van der Waals surface area (Å²) < 4.78 is 5.92. The first-order valence-corrected chi connectivity index (χ1v) is 8.87. The number of hydrogen-bond acceptors (Lipinski definition) is 4. The van der Waals surface area contributed by atoms with Crippen LogP contribution in [0.3, 0.4) is 0 Å². The minimum Gasteiger partial charge on any atom is -0.377 e. The Kier molecular flexibility index (Phi) is 7.12. The Labute approximate surface area is 135 Å². The molecule has 2 aliphatic rings. The molecule has 0 aromatic heterocycles. The summed E-state index contributed by atoms with van der Waals surface area (Å²) >= 11 is 0. The van der Waals surface area contributed by atoms with E-state index < -0.39 is 0 Å².